The Bertz CT molecular complexity index is 2240. The number of rotatable bonds is 32. The van der Waals surface area contributed by atoms with Crippen LogP contribution in [-0.2, 0) is 0 Å². The van der Waals surface area contributed by atoms with E-state index < -0.39 is 52.8 Å². The third-order valence-electron chi connectivity index (χ3n) is 11.8. The molecule has 0 saturated heterocycles. The van der Waals surface area contributed by atoms with Gasteiger partial charge < -0.3 is 28.4 Å². The van der Waals surface area contributed by atoms with Crippen molar-refractivity contribution >= 4 is 23.9 Å². The van der Waals surface area contributed by atoms with Crippen LogP contribution in [0.15, 0.2) is 103 Å². The van der Waals surface area contributed by atoms with Crippen LogP contribution in [0.25, 0.3) is 0 Å². The lowest BCUT2D eigenvalue weighted by molar-refractivity contribution is 0.0713. The standard InChI is InChI=1S/C58H67F3O10/c1-3-5-7-9-11-13-15-17-19-21-39-66-46-31-23-42(24-32-46)55(62)68-48-35-27-44(28-36-48)57(64)70-50-41-51(53(60)54(61)52(50)59)71-58(65)45-29-37-49(38-30-45)69-56(63)43-25-33-47(34-26-43)67-40-22-20-18-16-14-12-10-8-6-4-2/h23-38,41H,3-22,39-40H2,1-2H3. The first-order chi connectivity index (χ1) is 34.6. The van der Waals surface area contributed by atoms with Gasteiger partial charge in [-0.1, -0.05) is 129 Å². The number of carbonyl (C=O) groups excluding carboxylic acids is 4. The molecule has 0 unspecified atom stereocenters. The number of benzene rings is 5. The highest BCUT2D eigenvalue weighted by Crippen LogP contribution is 2.32. The van der Waals surface area contributed by atoms with Crippen LogP contribution in [0.1, 0.15) is 184 Å². The van der Waals surface area contributed by atoms with Gasteiger partial charge in [0, 0.05) is 6.07 Å². The summed E-state index contributed by atoms with van der Waals surface area (Å²) in [6.07, 6.45) is 24.6. The van der Waals surface area contributed by atoms with E-state index in [9.17, 15) is 32.3 Å². The Labute approximate surface area is 416 Å². The second-order valence-electron chi connectivity index (χ2n) is 17.5. The predicted octanol–water partition coefficient (Wildman–Crippen LogP) is 15.6. The highest BCUT2D eigenvalue weighted by Gasteiger charge is 2.25. The number of hydrogen-bond donors (Lipinski definition) is 0. The zero-order chi connectivity index (χ0) is 50.6. The molecule has 13 heteroatoms. The van der Waals surface area contributed by atoms with Gasteiger partial charge in [-0.2, -0.15) is 8.78 Å². The Hall–Kier alpha value is -6.63. The van der Waals surface area contributed by atoms with Crippen molar-refractivity contribution in [2.45, 2.75) is 142 Å². The molecule has 5 rings (SSSR count). The first-order valence-electron chi connectivity index (χ1n) is 25.3. The number of ether oxygens (including phenoxy) is 6. The van der Waals surface area contributed by atoms with Gasteiger partial charge >= 0.3 is 23.9 Å². The molecule has 0 spiro atoms. The minimum atomic E-state index is -2.05. The average Bonchev–Trinajstić information content (AvgIpc) is 3.38. The second kappa shape index (κ2) is 30.9. The summed E-state index contributed by atoms with van der Waals surface area (Å²) in [4.78, 5) is 51.5. The van der Waals surface area contributed by atoms with Crippen molar-refractivity contribution in [2.24, 2.45) is 0 Å². The molecule has 0 aliphatic carbocycles. The van der Waals surface area contributed by atoms with Crippen molar-refractivity contribution in [3.05, 3.63) is 143 Å². The van der Waals surface area contributed by atoms with Gasteiger partial charge in [0.25, 0.3) is 0 Å². The van der Waals surface area contributed by atoms with Crippen molar-refractivity contribution in [3.63, 3.8) is 0 Å². The molecule has 71 heavy (non-hydrogen) atoms. The average molecular weight is 981 g/mol. The Morgan fingerprint density at radius 1 is 0.324 bits per heavy atom. The Balaban J connectivity index is 1.03. The second-order valence-corrected chi connectivity index (χ2v) is 17.5. The molecule has 0 N–H and O–H groups in total. The van der Waals surface area contributed by atoms with Crippen LogP contribution in [0.5, 0.6) is 34.5 Å². The maximum Gasteiger partial charge on any atom is 0.343 e. The van der Waals surface area contributed by atoms with E-state index in [-0.39, 0.29) is 33.8 Å². The van der Waals surface area contributed by atoms with E-state index in [0.717, 1.165) is 25.7 Å². The molecule has 0 heterocycles. The zero-order valence-electron chi connectivity index (χ0n) is 41.1. The first-order valence-corrected chi connectivity index (χ1v) is 25.3. The van der Waals surface area contributed by atoms with E-state index in [0.29, 0.717) is 30.8 Å². The first kappa shape index (κ1) is 55.3. The molecule has 5 aromatic carbocycles. The molecule has 380 valence electrons. The minimum Gasteiger partial charge on any atom is -0.494 e. The molecule has 10 nitrogen and oxygen atoms in total. The third-order valence-corrected chi connectivity index (χ3v) is 11.8. The fourth-order valence-electron chi connectivity index (χ4n) is 7.61. The molecule has 5 aromatic rings. The van der Waals surface area contributed by atoms with Crippen molar-refractivity contribution < 1.29 is 60.8 Å². The minimum absolute atomic E-state index is 0.0810. The molecular weight excluding hydrogens is 914 g/mol. The van der Waals surface area contributed by atoms with Crippen molar-refractivity contribution in [2.75, 3.05) is 13.2 Å². The van der Waals surface area contributed by atoms with Crippen LogP contribution in [0.4, 0.5) is 13.2 Å². The zero-order valence-corrected chi connectivity index (χ0v) is 41.1. The maximum atomic E-state index is 14.8. The summed E-state index contributed by atoms with van der Waals surface area (Å²) in [6, 6.07) is 23.7. The Kier molecular flexibility index (Phi) is 24.0. The van der Waals surface area contributed by atoms with Gasteiger partial charge in [0.2, 0.25) is 17.5 Å². The van der Waals surface area contributed by atoms with Gasteiger partial charge in [0.05, 0.1) is 35.5 Å². The summed E-state index contributed by atoms with van der Waals surface area (Å²) in [6.45, 7) is 5.61. The van der Waals surface area contributed by atoms with Crippen LogP contribution in [0.3, 0.4) is 0 Å². The summed E-state index contributed by atoms with van der Waals surface area (Å²) in [5, 5.41) is 0. The van der Waals surface area contributed by atoms with Gasteiger partial charge in [-0.25, -0.2) is 23.6 Å². The highest BCUT2D eigenvalue weighted by molar-refractivity contribution is 5.94. The lowest BCUT2D eigenvalue weighted by atomic mass is 10.1. The molecule has 0 saturated carbocycles. The van der Waals surface area contributed by atoms with E-state index in [4.69, 9.17) is 28.4 Å². The van der Waals surface area contributed by atoms with Crippen molar-refractivity contribution in [1.29, 1.82) is 0 Å². The topological polar surface area (TPSA) is 124 Å². The number of carbonyl (C=O) groups is 4. The van der Waals surface area contributed by atoms with E-state index >= 15 is 0 Å². The monoisotopic (exact) mass is 980 g/mol. The molecule has 0 aromatic heterocycles. The van der Waals surface area contributed by atoms with E-state index in [1.807, 2.05) is 0 Å². The van der Waals surface area contributed by atoms with Gasteiger partial charge in [0.15, 0.2) is 11.5 Å². The van der Waals surface area contributed by atoms with Crippen LogP contribution >= 0.6 is 0 Å². The highest BCUT2D eigenvalue weighted by atomic mass is 19.2. The summed E-state index contributed by atoms with van der Waals surface area (Å²) in [7, 11) is 0. The molecule has 0 aliphatic heterocycles. The smallest absolute Gasteiger partial charge is 0.343 e. The number of unbranched alkanes of at least 4 members (excludes halogenated alkanes) is 18. The molecule has 0 aliphatic rings. The SMILES string of the molecule is CCCCCCCCCCCCOc1ccc(C(=O)Oc2ccc(C(=O)Oc3cc(OC(=O)c4ccc(OC(=O)c5ccc(OCCCCCCCCCCCC)cc5)cc4)c(F)c(F)c3F)cc2)cc1. The van der Waals surface area contributed by atoms with Crippen LogP contribution in [0.2, 0.25) is 0 Å². The van der Waals surface area contributed by atoms with E-state index in [1.54, 1.807) is 48.5 Å². The van der Waals surface area contributed by atoms with Gasteiger partial charge in [0.1, 0.15) is 23.0 Å². The summed E-state index contributed by atoms with van der Waals surface area (Å²) < 4.78 is 76.9. The van der Waals surface area contributed by atoms with Gasteiger partial charge in [-0.05, 0) is 110 Å². The maximum absolute atomic E-state index is 14.8. The summed E-state index contributed by atoms with van der Waals surface area (Å²) >= 11 is 0. The molecule has 0 atom stereocenters. The van der Waals surface area contributed by atoms with Crippen LogP contribution in [0, 0.1) is 17.5 Å². The molecule has 0 amide bonds. The van der Waals surface area contributed by atoms with Gasteiger partial charge in [-0.3, -0.25) is 0 Å². The number of hydrogen-bond acceptors (Lipinski definition) is 10. The fourth-order valence-corrected chi connectivity index (χ4v) is 7.61. The molecule has 0 fully saturated rings. The lowest BCUT2D eigenvalue weighted by Crippen LogP contribution is -2.14. The molecular formula is C58H67F3O10. The van der Waals surface area contributed by atoms with E-state index in [1.165, 1.54) is 151 Å². The summed E-state index contributed by atoms with van der Waals surface area (Å²) in [5.74, 6) is -10.1. The quantitative estimate of drug-likeness (QED) is 0.0178. The Morgan fingerprint density at radius 2 is 0.577 bits per heavy atom. The van der Waals surface area contributed by atoms with Gasteiger partial charge in [-0.15, -0.1) is 0 Å². The lowest BCUT2D eigenvalue weighted by Gasteiger charge is -2.11. The number of halogens is 3. The molecule has 0 radical (unpaired) electrons. The Morgan fingerprint density at radius 3 is 0.873 bits per heavy atom. The predicted molar refractivity (Wildman–Crippen MR) is 267 cm³/mol. The summed E-state index contributed by atoms with van der Waals surface area (Å²) in [5.41, 5.74) is 0.220. The largest absolute Gasteiger partial charge is 0.494 e. The fraction of sp³-hybridized carbons (Fsp3) is 0.414. The van der Waals surface area contributed by atoms with Crippen molar-refractivity contribution in [1.82, 2.24) is 0 Å². The van der Waals surface area contributed by atoms with Crippen molar-refractivity contribution in [3.8, 4) is 34.5 Å². The van der Waals surface area contributed by atoms with Crippen LogP contribution in [-0.4, -0.2) is 37.1 Å². The third kappa shape index (κ3) is 19.2. The number of esters is 4. The molecule has 0 bridgehead atoms. The van der Waals surface area contributed by atoms with E-state index in [2.05, 4.69) is 13.8 Å². The normalized spacial score (nSPS) is 10.9. The van der Waals surface area contributed by atoms with Crippen LogP contribution < -0.4 is 28.4 Å².